The summed E-state index contributed by atoms with van der Waals surface area (Å²) in [7, 11) is 0. The first kappa shape index (κ1) is 10.3. The molecule has 0 amide bonds. The summed E-state index contributed by atoms with van der Waals surface area (Å²) >= 11 is 10.7. The Balaban J connectivity index is 3.20. The molecule has 2 N–H and O–H groups in total. The van der Waals surface area contributed by atoms with Crippen LogP contribution in [0.15, 0.2) is 12.1 Å². The van der Waals surface area contributed by atoms with E-state index in [1.165, 1.54) is 6.07 Å². The predicted octanol–water partition coefficient (Wildman–Crippen LogP) is 2.48. The minimum Gasteiger partial charge on any atom is -0.397 e. The fourth-order valence-corrected chi connectivity index (χ4v) is 1.11. The van der Waals surface area contributed by atoms with Gasteiger partial charge in [-0.25, -0.2) is 4.39 Å². The van der Waals surface area contributed by atoms with Crippen molar-refractivity contribution in [2.24, 2.45) is 0 Å². The predicted molar refractivity (Wildman–Crippen MR) is 50.9 cm³/mol. The van der Waals surface area contributed by atoms with E-state index >= 15 is 0 Å². The summed E-state index contributed by atoms with van der Waals surface area (Å²) < 4.78 is 12.9. The lowest BCUT2D eigenvalue weighted by Crippen LogP contribution is -2.03. The number of alkyl halides is 1. The van der Waals surface area contributed by atoms with Crippen LogP contribution in [-0.4, -0.2) is 11.7 Å². The van der Waals surface area contributed by atoms with E-state index in [0.29, 0.717) is 0 Å². The van der Waals surface area contributed by atoms with Crippen molar-refractivity contribution in [3.63, 3.8) is 0 Å². The van der Waals surface area contributed by atoms with Crippen LogP contribution >= 0.6 is 23.2 Å². The molecule has 2 nitrogen and oxygen atoms in total. The molecule has 0 aliphatic rings. The second kappa shape index (κ2) is 3.94. The summed E-state index contributed by atoms with van der Waals surface area (Å²) in [6.45, 7) is 0. The van der Waals surface area contributed by atoms with Crippen LogP contribution in [0.5, 0.6) is 0 Å². The van der Waals surface area contributed by atoms with Crippen molar-refractivity contribution in [1.82, 2.24) is 0 Å². The molecule has 0 aromatic heterocycles. The molecule has 70 valence electrons. The highest BCUT2D eigenvalue weighted by Crippen LogP contribution is 2.24. The first-order chi connectivity index (χ1) is 6.06. The Morgan fingerprint density at radius 2 is 2.15 bits per heavy atom. The first-order valence-corrected chi connectivity index (χ1v) is 4.31. The van der Waals surface area contributed by atoms with Gasteiger partial charge in [-0.2, -0.15) is 0 Å². The summed E-state index contributed by atoms with van der Waals surface area (Å²) in [5.74, 6) is -1.31. The van der Waals surface area contributed by atoms with Gasteiger partial charge in [0.2, 0.25) is 0 Å². The normalized spacial score (nSPS) is 10.1. The molecule has 0 fully saturated rings. The van der Waals surface area contributed by atoms with Crippen LogP contribution in [0.4, 0.5) is 10.1 Å². The van der Waals surface area contributed by atoms with Crippen LogP contribution in [0.1, 0.15) is 10.4 Å². The van der Waals surface area contributed by atoms with E-state index in [0.717, 1.165) is 6.07 Å². The molecule has 0 atom stereocenters. The number of halogens is 3. The third-order valence-corrected chi connectivity index (χ3v) is 2.14. The summed E-state index contributed by atoms with van der Waals surface area (Å²) in [6, 6.07) is 2.32. The number of nitrogen functional groups attached to an aromatic ring is 1. The van der Waals surface area contributed by atoms with E-state index in [-0.39, 0.29) is 27.9 Å². The van der Waals surface area contributed by atoms with Crippen molar-refractivity contribution in [2.75, 3.05) is 11.6 Å². The minimum absolute atomic E-state index is 0.0372. The highest BCUT2D eigenvalue weighted by Gasteiger charge is 2.10. The number of benzene rings is 1. The Morgan fingerprint density at radius 1 is 1.54 bits per heavy atom. The molecule has 0 saturated carbocycles. The number of carbonyl (C=O) groups excluding carboxylic acids is 1. The van der Waals surface area contributed by atoms with Gasteiger partial charge in [0, 0.05) is 5.56 Å². The van der Waals surface area contributed by atoms with E-state index in [4.69, 9.17) is 28.9 Å². The zero-order chi connectivity index (χ0) is 10.0. The van der Waals surface area contributed by atoms with Gasteiger partial charge in [-0.05, 0) is 12.1 Å². The number of hydrogen-bond donors (Lipinski definition) is 1. The maximum atomic E-state index is 12.9. The lowest BCUT2D eigenvalue weighted by atomic mass is 10.1. The van der Waals surface area contributed by atoms with E-state index < -0.39 is 5.82 Å². The number of rotatable bonds is 2. The first-order valence-electron chi connectivity index (χ1n) is 3.40. The highest BCUT2D eigenvalue weighted by molar-refractivity contribution is 6.34. The Bertz CT molecular complexity index is 331. The molecular formula is C8H6Cl2FNO. The van der Waals surface area contributed by atoms with E-state index in [1.54, 1.807) is 0 Å². The van der Waals surface area contributed by atoms with Gasteiger partial charge in [-0.3, -0.25) is 4.79 Å². The molecule has 1 rings (SSSR count). The summed E-state index contributed by atoms with van der Waals surface area (Å²) in [6.07, 6.45) is 0. The molecule has 0 heterocycles. The van der Waals surface area contributed by atoms with Crippen LogP contribution < -0.4 is 5.73 Å². The fraction of sp³-hybridized carbons (Fsp3) is 0.125. The summed E-state index contributed by atoms with van der Waals surface area (Å²) in [5, 5.41) is -0.175. The quantitative estimate of drug-likeness (QED) is 0.474. The maximum Gasteiger partial charge on any atom is 0.177 e. The SMILES string of the molecule is Nc1cc(C(=O)CCl)cc(F)c1Cl. The average molecular weight is 222 g/mol. The Kier molecular flexibility index (Phi) is 3.12. The van der Waals surface area contributed by atoms with Crippen molar-refractivity contribution in [3.8, 4) is 0 Å². The molecule has 0 aliphatic heterocycles. The lowest BCUT2D eigenvalue weighted by molar-refractivity contribution is 0.102. The van der Waals surface area contributed by atoms with Crippen LogP contribution in [0.25, 0.3) is 0 Å². The summed E-state index contributed by atoms with van der Waals surface area (Å²) in [5.41, 5.74) is 5.52. The maximum absolute atomic E-state index is 12.9. The van der Waals surface area contributed by atoms with Crippen molar-refractivity contribution in [3.05, 3.63) is 28.5 Å². The second-order valence-corrected chi connectivity index (χ2v) is 3.06. The molecule has 0 saturated heterocycles. The van der Waals surface area contributed by atoms with Crippen LogP contribution in [0.3, 0.4) is 0 Å². The van der Waals surface area contributed by atoms with Crippen molar-refractivity contribution in [1.29, 1.82) is 0 Å². The zero-order valence-electron chi connectivity index (χ0n) is 6.48. The third-order valence-electron chi connectivity index (χ3n) is 1.50. The number of ketones is 1. The third kappa shape index (κ3) is 2.11. The van der Waals surface area contributed by atoms with Gasteiger partial charge in [0.15, 0.2) is 5.78 Å². The van der Waals surface area contributed by atoms with Crippen molar-refractivity contribution < 1.29 is 9.18 Å². The standard InChI is InChI=1S/C8H6Cl2FNO/c9-3-7(13)4-1-5(11)8(10)6(12)2-4/h1-2H,3,12H2. The number of anilines is 1. The van der Waals surface area contributed by atoms with Gasteiger partial charge < -0.3 is 5.73 Å². The van der Waals surface area contributed by atoms with Crippen molar-refractivity contribution >= 4 is 34.7 Å². The van der Waals surface area contributed by atoms with Crippen LogP contribution in [0.2, 0.25) is 5.02 Å². The molecule has 1 aromatic carbocycles. The smallest absolute Gasteiger partial charge is 0.177 e. The lowest BCUT2D eigenvalue weighted by Gasteiger charge is -2.02. The van der Waals surface area contributed by atoms with Gasteiger partial charge in [0.25, 0.3) is 0 Å². The highest BCUT2D eigenvalue weighted by atomic mass is 35.5. The molecule has 0 bridgehead atoms. The Hall–Kier alpha value is -0.800. The molecule has 0 spiro atoms. The number of hydrogen-bond acceptors (Lipinski definition) is 2. The van der Waals surface area contributed by atoms with E-state index in [9.17, 15) is 9.18 Å². The van der Waals surface area contributed by atoms with Crippen LogP contribution in [0, 0.1) is 5.82 Å². The monoisotopic (exact) mass is 221 g/mol. The van der Waals surface area contributed by atoms with E-state index in [2.05, 4.69) is 0 Å². The molecule has 13 heavy (non-hydrogen) atoms. The van der Waals surface area contributed by atoms with Crippen molar-refractivity contribution in [2.45, 2.75) is 0 Å². The molecule has 0 unspecified atom stereocenters. The van der Waals surface area contributed by atoms with Crippen LogP contribution in [-0.2, 0) is 0 Å². The second-order valence-electron chi connectivity index (χ2n) is 2.42. The number of Topliss-reactive ketones (excluding diaryl/α,β-unsaturated/α-hetero) is 1. The Morgan fingerprint density at radius 3 is 2.62 bits per heavy atom. The van der Waals surface area contributed by atoms with E-state index in [1.807, 2.05) is 0 Å². The minimum atomic E-state index is -0.713. The van der Waals surface area contributed by atoms with Gasteiger partial charge in [0.1, 0.15) is 5.82 Å². The topological polar surface area (TPSA) is 43.1 Å². The molecule has 0 aliphatic carbocycles. The zero-order valence-corrected chi connectivity index (χ0v) is 7.99. The van der Waals surface area contributed by atoms with Gasteiger partial charge in [-0.15, -0.1) is 11.6 Å². The fourth-order valence-electron chi connectivity index (χ4n) is 0.848. The van der Waals surface area contributed by atoms with Gasteiger partial charge >= 0.3 is 0 Å². The molecule has 5 heteroatoms. The summed E-state index contributed by atoms with van der Waals surface area (Å²) in [4.78, 5) is 11.0. The molecule has 1 aromatic rings. The molecular weight excluding hydrogens is 216 g/mol. The number of nitrogens with two attached hydrogens (primary N) is 1. The van der Waals surface area contributed by atoms with Gasteiger partial charge in [0.05, 0.1) is 16.6 Å². The van der Waals surface area contributed by atoms with Gasteiger partial charge in [-0.1, -0.05) is 11.6 Å². The average Bonchev–Trinajstić information content (AvgIpc) is 2.12. The largest absolute Gasteiger partial charge is 0.397 e. The molecule has 0 radical (unpaired) electrons. The Labute approximate surface area is 84.4 Å². The number of carbonyl (C=O) groups is 1.